The summed E-state index contributed by atoms with van der Waals surface area (Å²) in [7, 11) is 0. The summed E-state index contributed by atoms with van der Waals surface area (Å²) in [5.74, 6) is 0.127. The molecule has 0 spiro atoms. The summed E-state index contributed by atoms with van der Waals surface area (Å²) in [5.41, 5.74) is 1.27. The maximum Gasteiger partial charge on any atom is 0.224 e. The number of amides is 1. The summed E-state index contributed by atoms with van der Waals surface area (Å²) in [6.07, 6.45) is 0.429. The van der Waals surface area contributed by atoms with E-state index in [-0.39, 0.29) is 5.91 Å². The number of rotatable bonds is 6. The Morgan fingerprint density at radius 3 is 2.63 bits per heavy atom. The number of hydrogen-bond acceptors (Lipinski definition) is 3. The fourth-order valence-electron chi connectivity index (χ4n) is 1.77. The Kier molecular flexibility index (Phi) is 6.17. The van der Waals surface area contributed by atoms with E-state index in [1.54, 1.807) is 23.1 Å². The zero-order valence-corrected chi connectivity index (χ0v) is 12.0. The molecule has 0 unspecified atom stereocenters. The molecule has 0 saturated carbocycles. The molecule has 1 N–H and O–H groups in total. The molecule has 0 atom stereocenters. The predicted octanol–water partition coefficient (Wildman–Crippen LogP) is 2.88. The third-order valence-electron chi connectivity index (χ3n) is 2.87. The lowest BCUT2D eigenvalue weighted by atomic mass is 10.2. The zero-order chi connectivity index (χ0) is 14.3. The molecular formula is C14H18ClN3O. The first-order chi connectivity index (χ1) is 9.12. The average Bonchev–Trinajstić information content (AvgIpc) is 2.42. The van der Waals surface area contributed by atoms with Gasteiger partial charge in [-0.25, -0.2) is 0 Å². The summed E-state index contributed by atoms with van der Waals surface area (Å²) in [5, 5.41) is 12.3. The second-order valence-corrected chi connectivity index (χ2v) is 4.46. The van der Waals surface area contributed by atoms with Gasteiger partial charge in [0.05, 0.1) is 22.3 Å². The van der Waals surface area contributed by atoms with Crippen LogP contribution in [0.15, 0.2) is 18.2 Å². The Morgan fingerprint density at radius 1 is 1.42 bits per heavy atom. The van der Waals surface area contributed by atoms with Crippen LogP contribution in [0.5, 0.6) is 0 Å². The lowest BCUT2D eigenvalue weighted by Crippen LogP contribution is -2.31. The van der Waals surface area contributed by atoms with Gasteiger partial charge in [0.15, 0.2) is 0 Å². The Morgan fingerprint density at radius 2 is 2.11 bits per heavy atom. The van der Waals surface area contributed by atoms with Crippen LogP contribution in [-0.4, -0.2) is 30.4 Å². The van der Waals surface area contributed by atoms with Crippen LogP contribution in [-0.2, 0) is 4.79 Å². The molecule has 0 bridgehead atoms. The molecule has 0 aromatic heterocycles. The van der Waals surface area contributed by atoms with Crippen molar-refractivity contribution in [3.05, 3.63) is 28.8 Å². The van der Waals surface area contributed by atoms with Crippen molar-refractivity contribution in [1.29, 1.82) is 5.26 Å². The molecule has 19 heavy (non-hydrogen) atoms. The number of nitrogens with one attached hydrogen (secondary N) is 1. The Labute approximate surface area is 119 Å². The number of halogens is 1. The van der Waals surface area contributed by atoms with Crippen LogP contribution in [0.4, 0.5) is 5.69 Å². The fourth-order valence-corrected chi connectivity index (χ4v) is 2.01. The van der Waals surface area contributed by atoms with Crippen LogP contribution >= 0.6 is 11.6 Å². The highest BCUT2D eigenvalue weighted by atomic mass is 35.5. The van der Waals surface area contributed by atoms with E-state index in [1.165, 1.54) is 0 Å². The molecule has 1 aromatic carbocycles. The number of carbonyl (C=O) groups excluding carboxylic acids is 1. The van der Waals surface area contributed by atoms with Gasteiger partial charge in [0, 0.05) is 26.1 Å². The SMILES string of the molecule is CCN(CC)C(=O)CCNc1ccc(C#N)cc1Cl. The van der Waals surface area contributed by atoms with Crippen molar-refractivity contribution in [2.75, 3.05) is 25.0 Å². The van der Waals surface area contributed by atoms with Gasteiger partial charge in [-0.2, -0.15) is 5.26 Å². The van der Waals surface area contributed by atoms with Crippen molar-refractivity contribution < 1.29 is 4.79 Å². The van der Waals surface area contributed by atoms with Crippen molar-refractivity contribution in [2.24, 2.45) is 0 Å². The summed E-state index contributed by atoms with van der Waals surface area (Å²) >= 11 is 6.03. The largest absolute Gasteiger partial charge is 0.383 e. The summed E-state index contributed by atoms with van der Waals surface area (Å²) in [6, 6.07) is 7.08. The molecule has 1 aromatic rings. The smallest absolute Gasteiger partial charge is 0.224 e. The number of anilines is 1. The van der Waals surface area contributed by atoms with Gasteiger partial charge in [-0.1, -0.05) is 11.6 Å². The summed E-state index contributed by atoms with van der Waals surface area (Å²) in [4.78, 5) is 13.6. The van der Waals surface area contributed by atoms with E-state index in [1.807, 2.05) is 19.9 Å². The quantitative estimate of drug-likeness (QED) is 0.871. The van der Waals surface area contributed by atoms with Crippen molar-refractivity contribution in [3.8, 4) is 6.07 Å². The van der Waals surface area contributed by atoms with Gasteiger partial charge in [-0.05, 0) is 32.0 Å². The number of nitrogens with zero attached hydrogens (tertiary/aromatic N) is 2. The maximum atomic E-state index is 11.8. The number of nitriles is 1. The van der Waals surface area contributed by atoms with Crippen molar-refractivity contribution >= 4 is 23.2 Å². The molecule has 0 aliphatic heterocycles. The first-order valence-corrected chi connectivity index (χ1v) is 6.71. The summed E-state index contributed by atoms with van der Waals surface area (Å²) < 4.78 is 0. The van der Waals surface area contributed by atoms with Crippen LogP contribution in [0.3, 0.4) is 0 Å². The minimum Gasteiger partial charge on any atom is -0.383 e. The summed E-state index contributed by atoms with van der Waals surface area (Å²) in [6.45, 7) is 5.92. The molecule has 1 rings (SSSR count). The second kappa shape index (κ2) is 7.65. The van der Waals surface area contributed by atoms with Gasteiger partial charge < -0.3 is 10.2 Å². The zero-order valence-electron chi connectivity index (χ0n) is 11.2. The molecule has 0 radical (unpaired) electrons. The first-order valence-electron chi connectivity index (χ1n) is 6.33. The lowest BCUT2D eigenvalue weighted by molar-refractivity contribution is -0.130. The van der Waals surface area contributed by atoms with Crippen LogP contribution in [0.1, 0.15) is 25.8 Å². The third kappa shape index (κ3) is 4.46. The van der Waals surface area contributed by atoms with E-state index in [0.29, 0.717) is 23.6 Å². The lowest BCUT2D eigenvalue weighted by Gasteiger charge is -2.18. The standard InChI is InChI=1S/C14H18ClN3O/c1-3-18(4-2)14(19)7-8-17-13-6-5-11(10-16)9-12(13)15/h5-6,9,17H,3-4,7-8H2,1-2H3. The first kappa shape index (κ1) is 15.3. The number of hydrogen-bond donors (Lipinski definition) is 1. The molecule has 102 valence electrons. The van der Waals surface area contributed by atoms with E-state index in [0.717, 1.165) is 18.8 Å². The topological polar surface area (TPSA) is 56.1 Å². The Bertz CT molecular complexity index is 478. The van der Waals surface area contributed by atoms with E-state index in [9.17, 15) is 4.79 Å². The fraction of sp³-hybridized carbons (Fsp3) is 0.429. The van der Waals surface area contributed by atoms with Crippen LogP contribution in [0.25, 0.3) is 0 Å². The highest BCUT2D eigenvalue weighted by Gasteiger charge is 2.09. The normalized spacial score (nSPS) is 9.79. The number of benzene rings is 1. The minimum atomic E-state index is 0.127. The average molecular weight is 280 g/mol. The van der Waals surface area contributed by atoms with Gasteiger partial charge in [0.1, 0.15) is 0 Å². The predicted molar refractivity (Wildman–Crippen MR) is 77.2 cm³/mol. The molecule has 0 fully saturated rings. The molecule has 4 nitrogen and oxygen atoms in total. The Hall–Kier alpha value is -1.73. The molecule has 0 saturated heterocycles. The molecule has 1 amide bonds. The van der Waals surface area contributed by atoms with Crippen molar-refractivity contribution in [2.45, 2.75) is 20.3 Å². The van der Waals surface area contributed by atoms with E-state index >= 15 is 0 Å². The van der Waals surface area contributed by atoms with Gasteiger partial charge in [0.25, 0.3) is 0 Å². The van der Waals surface area contributed by atoms with Crippen LogP contribution in [0.2, 0.25) is 5.02 Å². The van der Waals surface area contributed by atoms with Gasteiger partial charge in [0.2, 0.25) is 5.91 Å². The molecule has 0 heterocycles. The number of carbonyl (C=O) groups is 1. The minimum absolute atomic E-state index is 0.127. The highest BCUT2D eigenvalue weighted by molar-refractivity contribution is 6.33. The van der Waals surface area contributed by atoms with E-state index in [4.69, 9.17) is 16.9 Å². The van der Waals surface area contributed by atoms with E-state index < -0.39 is 0 Å². The van der Waals surface area contributed by atoms with Gasteiger partial charge in [-0.15, -0.1) is 0 Å². The Balaban J connectivity index is 2.50. The monoisotopic (exact) mass is 279 g/mol. The molecule has 5 heteroatoms. The maximum absolute atomic E-state index is 11.8. The molecule has 0 aliphatic carbocycles. The highest BCUT2D eigenvalue weighted by Crippen LogP contribution is 2.22. The third-order valence-corrected chi connectivity index (χ3v) is 3.18. The van der Waals surface area contributed by atoms with Crippen molar-refractivity contribution in [3.63, 3.8) is 0 Å². The van der Waals surface area contributed by atoms with Crippen molar-refractivity contribution in [1.82, 2.24) is 4.90 Å². The second-order valence-electron chi connectivity index (χ2n) is 4.05. The van der Waals surface area contributed by atoms with Crippen LogP contribution in [0, 0.1) is 11.3 Å². The van der Waals surface area contributed by atoms with Crippen LogP contribution < -0.4 is 5.32 Å². The molecule has 0 aliphatic rings. The molecular weight excluding hydrogens is 262 g/mol. The van der Waals surface area contributed by atoms with Gasteiger partial charge >= 0.3 is 0 Å². The van der Waals surface area contributed by atoms with Gasteiger partial charge in [-0.3, -0.25) is 4.79 Å². The van der Waals surface area contributed by atoms with E-state index in [2.05, 4.69) is 5.32 Å².